The van der Waals surface area contributed by atoms with Crippen molar-refractivity contribution >= 4 is 0 Å². The molecule has 2 aromatic heterocycles. The van der Waals surface area contributed by atoms with Crippen molar-refractivity contribution in [2.75, 3.05) is 6.54 Å². The summed E-state index contributed by atoms with van der Waals surface area (Å²) in [5.74, 6) is -0.299. The standard InChI is InChI=1S/C12H16FN5/c1-3-14-11(7-9-8-18(2)17-16-9)12-10(13)5-4-6-15-12/h4-6,8,11,14H,3,7H2,1-2H3. The molecule has 0 aliphatic heterocycles. The van der Waals surface area contributed by atoms with Crippen LogP contribution in [0.4, 0.5) is 4.39 Å². The molecule has 0 saturated heterocycles. The van der Waals surface area contributed by atoms with Crippen LogP contribution in [0, 0.1) is 5.82 Å². The van der Waals surface area contributed by atoms with E-state index in [9.17, 15) is 4.39 Å². The number of likely N-dealkylation sites (N-methyl/N-ethyl adjacent to an activating group) is 1. The van der Waals surface area contributed by atoms with E-state index >= 15 is 0 Å². The molecule has 2 heterocycles. The van der Waals surface area contributed by atoms with Gasteiger partial charge in [0.05, 0.1) is 17.4 Å². The van der Waals surface area contributed by atoms with Crippen molar-refractivity contribution in [3.05, 3.63) is 41.7 Å². The predicted molar refractivity (Wildman–Crippen MR) is 65.3 cm³/mol. The zero-order valence-corrected chi connectivity index (χ0v) is 10.5. The average Bonchev–Trinajstić information content (AvgIpc) is 2.75. The van der Waals surface area contributed by atoms with Gasteiger partial charge in [0, 0.05) is 25.9 Å². The second-order valence-electron chi connectivity index (χ2n) is 4.07. The molecule has 2 rings (SSSR count). The smallest absolute Gasteiger partial charge is 0.146 e. The molecule has 6 heteroatoms. The summed E-state index contributed by atoms with van der Waals surface area (Å²) in [6.45, 7) is 2.71. The van der Waals surface area contributed by atoms with Crippen LogP contribution in [0.2, 0.25) is 0 Å². The molecule has 0 saturated carbocycles. The van der Waals surface area contributed by atoms with Gasteiger partial charge in [0.25, 0.3) is 0 Å². The van der Waals surface area contributed by atoms with Gasteiger partial charge in [-0.2, -0.15) is 0 Å². The van der Waals surface area contributed by atoms with Crippen molar-refractivity contribution < 1.29 is 4.39 Å². The van der Waals surface area contributed by atoms with Gasteiger partial charge < -0.3 is 5.32 Å². The van der Waals surface area contributed by atoms with Crippen molar-refractivity contribution in [2.45, 2.75) is 19.4 Å². The van der Waals surface area contributed by atoms with Gasteiger partial charge >= 0.3 is 0 Å². The summed E-state index contributed by atoms with van der Waals surface area (Å²) in [7, 11) is 1.81. The van der Waals surface area contributed by atoms with Gasteiger partial charge in [0.2, 0.25) is 0 Å². The van der Waals surface area contributed by atoms with Crippen LogP contribution < -0.4 is 5.32 Å². The first-order chi connectivity index (χ1) is 8.70. The Labute approximate surface area is 105 Å². The Hall–Kier alpha value is -1.82. The van der Waals surface area contributed by atoms with Gasteiger partial charge in [-0.3, -0.25) is 9.67 Å². The van der Waals surface area contributed by atoms with E-state index in [2.05, 4.69) is 20.6 Å². The topological polar surface area (TPSA) is 55.6 Å². The van der Waals surface area contributed by atoms with Crippen molar-refractivity contribution in [3.8, 4) is 0 Å². The zero-order chi connectivity index (χ0) is 13.0. The monoisotopic (exact) mass is 249 g/mol. The Morgan fingerprint density at radius 2 is 2.33 bits per heavy atom. The van der Waals surface area contributed by atoms with E-state index in [1.165, 1.54) is 6.07 Å². The molecule has 1 unspecified atom stereocenters. The lowest BCUT2D eigenvalue weighted by molar-refractivity contribution is 0.490. The second kappa shape index (κ2) is 5.68. The van der Waals surface area contributed by atoms with E-state index in [1.807, 2.05) is 13.1 Å². The highest BCUT2D eigenvalue weighted by molar-refractivity contribution is 5.14. The summed E-state index contributed by atoms with van der Waals surface area (Å²) < 4.78 is 15.4. The molecule has 0 radical (unpaired) electrons. The minimum Gasteiger partial charge on any atom is -0.308 e. The lowest BCUT2D eigenvalue weighted by Crippen LogP contribution is -2.25. The highest BCUT2D eigenvalue weighted by Crippen LogP contribution is 2.17. The largest absolute Gasteiger partial charge is 0.308 e. The Balaban J connectivity index is 2.20. The molecule has 0 bridgehead atoms. The molecule has 0 aliphatic rings. The van der Waals surface area contributed by atoms with Gasteiger partial charge in [-0.05, 0) is 18.7 Å². The fourth-order valence-corrected chi connectivity index (χ4v) is 1.86. The third-order valence-electron chi connectivity index (χ3n) is 2.63. The number of pyridine rings is 1. The van der Waals surface area contributed by atoms with Gasteiger partial charge in [0.15, 0.2) is 0 Å². The van der Waals surface area contributed by atoms with Crippen LogP contribution >= 0.6 is 0 Å². The number of nitrogens with one attached hydrogen (secondary N) is 1. The zero-order valence-electron chi connectivity index (χ0n) is 10.5. The Bertz CT molecular complexity index is 511. The first-order valence-corrected chi connectivity index (χ1v) is 5.89. The number of aryl methyl sites for hydroxylation is 1. The molecule has 96 valence electrons. The fraction of sp³-hybridized carbons (Fsp3) is 0.417. The third-order valence-corrected chi connectivity index (χ3v) is 2.63. The van der Waals surface area contributed by atoms with Crippen molar-refractivity contribution in [1.29, 1.82) is 0 Å². The Kier molecular flexibility index (Phi) is 3.99. The minimum absolute atomic E-state index is 0.187. The molecule has 0 spiro atoms. The van der Waals surface area contributed by atoms with Crippen LogP contribution in [0.25, 0.3) is 0 Å². The lowest BCUT2D eigenvalue weighted by atomic mass is 10.1. The molecule has 0 aliphatic carbocycles. The van der Waals surface area contributed by atoms with Crippen LogP contribution in [0.3, 0.4) is 0 Å². The third kappa shape index (κ3) is 2.89. The number of aromatic nitrogens is 4. The van der Waals surface area contributed by atoms with Crippen LogP contribution in [-0.2, 0) is 13.5 Å². The molecular weight excluding hydrogens is 233 g/mol. The minimum atomic E-state index is -0.299. The first kappa shape index (κ1) is 12.6. The molecule has 0 amide bonds. The van der Waals surface area contributed by atoms with Crippen molar-refractivity contribution in [1.82, 2.24) is 25.3 Å². The Morgan fingerprint density at radius 3 is 2.94 bits per heavy atom. The summed E-state index contributed by atoms with van der Waals surface area (Å²) >= 11 is 0. The summed E-state index contributed by atoms with van der Waals surface area (Å²) in [5, 5.41) is 11.1. The average molecular weight is 249 g/mol. The van der Waals surface area contributed by atoms with Crippen LogP contribution in [-0.4, -0.2) is 26.5 Å². The van der Waals surface area contributed by atoms with E-state index in [4.69, 9.17) is 0 Å². The maximum Gasteiger partial charge on any atom is 0.146 e. The molecular formula is C12H16FN5. The molecule has 5 nitrogen and oxygen atoms in total. The van der Waals surface area contributed by atoms with Gasteiger partial charge in [-0.1, -0.05) is 12.1 Å². The van der Waals surface area contributed by atoms with E-state index in [0.717, 1.165) is 12.2 Å². The van der Waals surface area contributed by atoms with Gasteiger partial charge in [-0.15, -0.1) is 5.10 Å². The van der Waals surface area contributed by atoms with Crippen LogP contribution in [0.15, 0.2) is 24.5 Å². The Morgan fingerprint density at radius 1 is 1.50 bits per heavy atom. The quantitative estimate of drug-likeness (QED) is 0.866. The van der Waals surface area contributed by atoms with E-state index in [1.54, 1.807) is 24.0 Å². The second-order valence-corrected chi connectivity index (χ2v) is 4.07. The number of hydrogen-bond donors (Lipinski definition) is 1. The van der Waals surface area contributed by atoms with Crippen LogP contribution in [0.5, 0.6) is 0 Å². The first-order valence-electron chi connectivity index (χ1n) is 5.89. The highest BCUT2D eigenvalue weighted by atomic mass is 19.1. The lowest BCUT2D eigenvalue weighted by Gasteiger charge is -2.16. The normalized spacial score (nSPS) is 12.6. The molecule has 0 fully saturated rings. The van der Waals surface area contributed by atoms with Gasteiger partial charge in [-0.25, -0.2) is 4.39 Å². The number of nitrogens with zero attached hydrogens (tertiary/aromatic N) is 4. The number of hydrogen-bond acceptors (Lipinski definition) is 4. The summed E-state index contributed by atoms with van der Waals surface area (Å²) in [5.41, 5.74) is 1.23. The molecule has 18 heavy (non-hydrogen) atoms. The van der Waals surface area contributed by atoms with Crippen LogP contribution in [0.1, 0.15) is 24.4 Å². The SMILES string of the molecule is CCNC(Cc1cn(C)nn1)c1ncccc1F. The molecule has 0 aromatic carbocycles. The maximum atomic E-state index is 13.7. The van der Waals surface area contributed by atoms with E-state index in [0.29, 0.717) is 12.1 Å². The molecule has 1 N–H and O–H groups in total. The van der Waals surface area contributed by atoms with Gasteiger partial charge in [0.1, 0.15) is 5.82 Å². The predicted octanol–water partition coefficient (Wildman–Crippen LogP) is 1.24. The van der Waals surface area contributed by atoms with Crippen molar-refractivity contribution in [2.24, 2.45) is 7.05 Å². The van der Waals surface area contributed by atoms with Crippen molar-refractivity contribution in [3.63, 3.8) is 0 Å². The number of rotatable bonds is 5. The fourth-order valence-electron chi connectivity index (χ4n) is 1.86. The highest BCUT2D eigenvalue weighted by Gasteiger charge is 2.17. The van der Waals surface area contributed by atoms with E-state index in [-0.39, 0.29) is 11.9 Å². The summed E-state index contributed by atoms with van der Waals surface area (Å²) in [4.78, 5) is 4.11. The summed E-state index contributed by atoms with van der Waals surface area (Å²) in [6.07, 6.45) is 3.99. The molecule has 1 atom stereocenters. The summed E-state index contributed by atoms with van der Waals surface area (Å²) in [6, 6.07) is 2.82. The van der Waals surface area contributed by atoms with E-state index < -0.39 is 0 Å². The number of halogens is 1. The maximum absolute atomic E-state index is 13.7. The molecule has 2 aromatic rings.